The highest BCUT2D eigenvalue weighted by atomic mass is 19.1. The van der Waals surface area contributed by atoms with Crippen molar-refractivity contribution in [2.45, 2.75) is 37.9 Å². The number of alkyl halides is 1. The van der Waals surface area contributed by atoms with Crippen LogP contribution in [-0.4, -0.2) is 29.9 Å². The molecule has 5 rings (SSSR count). The predicted octanol–water partition coefficient (Wildman–Crippen LogP) is 3.66. The molecule has 6 nitrogen and oxygen atoms in total. The number of ether oxygens (including phenoxy) is 3. The van der Waals surface area contributed by atoms with Crippen LogP contribution in [0.4, 0.5) is 4.39 Å². The fraction of sp³-hybridized carbons (Fsp3) is 0.391. The van der Waals surface area contributed by atoms with Gasteiger partial charge in [0.05, 0.1) is 11.8 Å². The number of hydrogen-bond donors (Lipinski definition) is 1. The predicted molar refractivity (Wildman–Crippen MR) is 109 cm³/mol. The standard InChI is InChI=1S/C23H22FN3O3/c1-22(2,24)12-28-16-10-18-20(26-11-16)30-19-8-7-15(6-5-14-3-4-14)9-17(19)23(18)13-29-21(25)27-23/h7-11,14H,3-4,12-13H2,1-2H3,(H2,25,27)/t23-/m0/s1. The highest BCUT2D eigenvalue weighted by molar-refractivity contribution is 5.76. The molecule has 3 heterocycles. The maximum absolute atomic E-state index is 13.9. The van der Waals surface area contributed by atoms with Crippen molar-refractivity contribution in [3.63, 3.8) is 0 Å². The van der Waals surface area contributed by atoms with Gasteiger partial charge in [-0.15, -0.1) is 0 Å². The second-order valence-electron chi connectivity index (χ2n) is 8.49. The highest BCUT2D eigenvalue weighted by Gasteiger charge is 2.48. The lowest BCUT2D eigenvalue weighted by atomic mass is 9.82. The third-order valence-corrected chi connectivity index (χ3v) is 5.21. The molecule has 1 aliphatic carbocycles. The minimum absolute atomic E-state index is 0.0965. The van der Waals surface area contributed by atoms with Crippen molar-refractivity contribution in [3.8, 4) is 29.2 Å². The smallest absolute Gasteiger partial charge is 0.283 e. The molecule has 0 saturated heterocycles. The second kappa shape index (κ2) is 6.63. The van der Waals surface area contributed by atoms with Crippen molar-refractivity contribution >= 4 is 6.02 Å². The fourth-order valence-electron chi connectivity index (χ4n) is 3.53. The zero-order valence-corrected chi connectivity index (χ0v) is 16.9. The van der Waals surface area contributed by atoms with Crippen LogP contribution in [0.5, 0.6) is 17.4 Å². The number of pyridine rings is 1. The summed E-state index contributed by atoms with van der Waals surface area (Å²) in [6.45, 7) is 3.03. The normalized spacial score (nSPS) is 21.5. The van der Waals surface area contributed by atoms with Crippen LogP contribution in [0.1, 0.15) is 43.4 Å². The minimum atomic E-state index is -1.47. The lowest BCUT2D eigenvalue weighted by Gasteiger charge is -2.33. The molecule has 2 N–H and O–H groups in total. The van der Waals surface area contributed by atoms with Gasteiger partial charge in [0.1, 0.15) is 30.4 Å². The molecule has 1 atom stereocenters. The molecule has 1 aromatic heterocycles. The Morgan fingerprint density at radius 2 is 2.13 bits per heavy atom. The molecule has 0 unspecified atom stereocenters. The van der Waals surface area contributed by atoms with E-state index < -0.39 is 11.2 Å². The van der Waals surface area contributed by atoms with Crippen LogP contribution >= 0.6 is 0 Å². The first-order valence-corrected chi connectivity index (χ1v) is 9.97. The van der Waals surface area contributed by atoms with Gasteiger partial charge in [0.15, 0.2) is 5.54 Å². The molecule has 3 aliphatic rings. The van der Waals surface area contributed by atoms with Gasteiger partial charge in [0.2, 0.25) is 5.88 Å². The van der Waals surface area contributed by atoms with E-state index in [2.05, 4.69) is 21.8 Å². The Labute approximate surface area is 174 Å². The molecule has 1 saturated carbocycles. The SMILES string of the molecule is CC(C)(F)COc1cnc2c(c1)[C@]1(COC(N)=N1)c1cc(C#CC3CC3)ccc1O2. The summed E-state index contributed by atoms with van der Waals surface area (Å²) >= 11 is 0. The number of fused-ring (bicyclic) bond motifs is 4. The molecule has 30 heavy (non-hydrogen) atoms. The van der Waals surface area contributed by atoms with Crippen molar-refractivity contribution in [2.75, 3.05) is 13.2 Å². The maximum Gasteiger partial charge on any atom is 0.283 e. The molecule has 1 aromatic carbocycles. The molecule has 0 amide bonds. The number of halogens is 1. The van der Waals surface area contributed by atoms with Gasteiger partial charge in [-0.05, 0) is 51.0 Å². The molecular weight excluding hydrogens is 385 g/mol. The number of aromatic nitrogens is 1. The van der Waals surface area contributed by atoms with Crippen molar-refractivity contribution in [3.05, 3.63) is 47.2 Å². The quantitative estimate of drug-likeness (QED) is 0.786. The van der Waals surface area contributed by atoms with E-state index in [-0.39, 0.29) is 19.2 Å². The summed E-state index contributed by atoms with van der Waals surface area (Å²) in [6, 6.07) is 7.64. The van der Waals surface area contributed by atoms with Crippen LogP contribution in [-0.2, 0) is 10.3 Å². The molecular formula is C23H22FN3O3. The Hall–Kier alpha value is -3.27. The van der Waals surface area contributed by atoms with E-state index in [1.165, 1.54) is 20.0 Å². The summed E-state index contributed by atoms with van der Waals surface area (Å²) in [5.41, 5.74) is 5.88. The lowest BCUT2D eigenvalue weighted by molar-refractivity contribution is 0.120. The summed E-state index contributed by atoms with van der Waals surface area (Å²) in [7, 11) is 0. The van der Waals surface area contributed by atoms with Crippen molar-refractivity contribution in [2.24, 2.45) is 16.6 Å². The number of hydrogen-bond acceptors (Lipinski definition) is 6. The number of nitrogens with zero attached hydrogens (tertiary/aromatic N) is 2. The highest BCUT2D eigenvalue weighted by Crippen LogP contribution is 2.51. The summed E-state index contributed by atoms with van der Waals surface area (Å²) in [5.74, 6) is 8.47. The fourth-order valence-corrected chi connectivity index (χ4v) is 3.53. The Kier molecular flexibility index (Phi) is 4.14. The first kappa shape index (κ1) is 18.7. The maximum atomic E-state index is 13.9. The lowest BCUT2D eigenvalue weighted by Crippen LogP contribution is -2.31. The van der Waals surface area contributed by atoms with E-state index in [4.69, 9.17) is 19.9 Å². The van der Waals surface area contributed by atoms with Crippen molar-refractivity contribution in [1.29, 1.82) is 0 Å². The zero-order valence-electron chi connectivity index (χ0n) is 16.9. The van der Waals surface area contributed by atoms with Gasteiger partial charge in [0, 0.05) is 17.0 Å². The van der Waals surface area contributed by atoms with E-state index >= 15 is 0 Å². The van der Waals surface area contributed by atoms with E-state index in [1.54, 1.807) is 6.07 Å². The van der Waals surface area contributed by atoms with Crippen LogP contribution < -0.4 is 15.2 Å². The molecule has 154 valence electrons. The Morgan fingerprint density at radius 1 is 1.30 bits per heavy atom. The van der Waals surface area contributed by atoms with Gasteiger partial charge in [-0.25, -0.2) is 14.4 Å². The van der Waals surface area contributed by atoms with Gasteiger partial charge in [0.25, 0.3) is 6.02 Å². The van der Waals surface area contributed by atoms with Crippen LogP contribution in [0.25, 0.3) is 0 Å². The molecule has 1 spiro atoms. The Bertz CT molecular complexity index is 1110. The van der Waals surface area contributed by atoms with E-state index in [0.29, 0.717) is 28.9 Å². The molecule has 2 aromatic rings. The zero-order chi connectivity index (χ0) is 20.9. The molecule has 2 aliphatic heterocycles. The Balaban J connectivity index is 1.58. The number of nitrogens with two attached hydrogens (primary N) is 1. The van der Waals surface area contributed by atoms with Crippen LogP contribution in [0.2, 0.25) is 0 Å². The van der Waals surface area contributed by atoms with Crippen LogP contribution in [0.15, 0.2) is 35.5 Å². The Morgan fingerprint density at radius 3 is 2.83 bits per heavy atom. The molecule has 1 fully saturated rings. The van der Waals surface area contributed by atoms with E-state index in [9.17, 15) is 4.39 Å². The number of amidine groups is 1. The molecule has 0 bridgehead atoms. The van der Waals surface area contributed by atoms with E-state index in [0.717, 1.165) is 24.0 Å². The topological polar surface area (TPSA) is 79.0 Å². The average molecular weight is 407 g/mol. The third kappa shape index (κ3) is 3.43. The minimum Gasteiger partial charge on any atom is -0.489 e. The van der Waals surface area contributed by atoms with Gasteiger partial charge in [-0.3, -0.25) is 0 Å². The van der Waals surface area contributed by atoms with Crippen molar-refractivity contribution < 1.29 is 18.6 Å². The first-order chi connectivity index (χ1) is 14.3. The van der Waals surface area contributed by atoms with Gasteiger partial charge < -0.3 is 19.9 Å². The monoisotopic (exact) mass is 407 g/mol. The van der Waals surface area contributed by atoms with Crippen LogP contribution in [0.3, 0.4) is 0 Å². The number of rotatable bonds is 3. The summed E-state index contributed by atoms with van der Waals surface area (Å²) < 4.78 is 31.1. The van der Waals surface area contributed by atoms with Gasteiger partial charge in [-0.1, -0.05) is 11.8 Å². The van der Waals surface area contributed by atoms with Gasteiger partial charge >= 0.3 is 0 Å². The third-order valence-electron chi connectivity index (χ3n) is 5.21. The summed E-state index contributed by atoms with van der Waals surface area (Å²) in [6.07, 6.45) is 3.84. The van der Waals surface area contributed by atoms with Crippen LogP contribution in [0, 0.1) is 17.8 Å². The first-order valence-electron chi connectivity index (χ1n) is 9.97. The molecule has 0 radical (unpaired) electrons. The second-order valence-corrected chi connectivity index (χ2v) is 8.49. The number of benzene rings is 1. The number of aliphatic imine (C=N–C) groups is 1. The summed E-state index contributed by atoms with van der Waals surface area (Å²) in [5, 5.41) is 0. The van der Waals surface area contributed by atoms with Crippen molar-refractivity contribution in [1.82, 2.24) is 4.98 Å². The van der Waals surface area contributed by atoms with Gasteiger partial charge in [-0.2, -0.15) is 0 Å². The average Bonchev–Trinajstić information content (AvgIpc) is 3.46. The molecule has 7 heteroatoms. The largest absolute Gasteiger partial charge is 0.489 e. The van der Waals surface area contributed by atoms with E-state index in [1.807, 2.05) is 18.2 Å². The summed E-state index contributed by atoms with van der Waals surface area (Å²) in [4.78, 5) is 9.02.